The zero-order chi connectivity index (χ0) is 33.3. The zero-order valence-electron chi connectivity index (χ0n) is 27.5. The van der Waals surface area contributed by atoms with E-state index in [4.69, 9.17) is 0 Å². The fraction of sp³-hybridized carbons (Fsp3) is 0. The molecular formula is C48H34N2. The number of nitrogens with one attached hydrogen (secondary N) is 1. The first kappa shape index (κ1) is 29.5. The van der Waals surface area contributed by atoms with Crippen molar-refractivity contribution >= 4 is 33.2 Å². The molecule has 0 bridgehead atoms. The minimum atomic E-state index is 1.07. The van der Waals surface area contributed by atoms with Gasteiger partial charge in [-0.2, -0.15) is 0 Å². The molecule has 0 spiro atoms. The van der Waals surface area contributed by atoms with Crippen LogP contribution in [0.3, 0.4) is 0 Å². The maximum atomic E-state index is 3.54. The lowest BCUT2D eigenvalue weighted by molar-refractivity contribution is 1.18. The maximum absolute atomic E-state index is 3.54. The molecular weight excluding hydrogens is 605 g/mol. The lowest BCUT2D eigenvalue weighted by Crippen LogP contribution is -1.93. The Morgan fingerprint density at radius 2 is 0.660 bits per heavy atom. The summed E-state index contributed by atoms with van der Waals surface area (Å²) in [4.78, 5) is 0. The van der Waals surface area contributed by atoms with Crippen molar-refractivity contribution in [3.63, 3.8) is 0 Å². The molecule has 1 N–H and O–H groups in total. The van der Waals surface area contributed by atoms with Crippen LogP contribution < -0.4 is 5.32 Å². The molecule has 2 nitrogen and oxygen atoms in total. The number of rotatable bonds is 7. The second-order valence-corrected chi connectivity index (χ2v) is 12.7. The Kier molecular flexibility index (Phi) is 7.53. The van der Waals surface area contributed by atoms with E-state index in [9.17, 15) is 0 Å². The smallest absolute Gasteiger partial charge is 0.0541 e. The van der Waals surface area contributed by atoms with E-state index in [0.29, 0.717) is 0 Å². The van der Waals surface area contributed by atoms with Gasteiger partial charge in [0.25, 0.3) is 0 Å². The molecule has 9 rings (SSSR count). The first-order valence-corrected chi connectivity index (χ1v) is 17.1. The van der Waals surface area contributed by atoms with Gasteiger partial charge in [0.05, 0.1) is 11.0 Å². The lowest BCUT2D eigenvalue weighted by Gasteiger charge is -2.10. The van der Waals surface area contributed by atoms with Crippen molar-refractivity contribution in [3.8, 4) is 50.2 Å². The van der Waals surface area contributed by atoms with E-state index in [0.717, 1.165) is 17.1 Å². The third-order valence-corrected chi connectivity index (χ3v) is 9.62. The molecule has 0 aliphatic carbocycles. The lowest BCUT2D eigenvalue weighted by atomic mass is 9.99. The van der Waals surface area contributed by atoms with Gasteiger partial charge in [-0.25, -0.2) is 0 Å². The van der Waals surface area contributed by atoms with Gasteiger partial charge in [0.15, 0.2) is 0 Å². The Labute approximate surface area is 292 Å². The molecule has 0 radical (unpaired) electrons. The molecule has 236 valence electrons. The summed E-state index contributed by atoms with van der Waals surface area (Å²) in [6.45, 7) is 0. The van der Waals surface area contributed by atoms with Gasteiger partial charge < -0.3 is 9.88 Å². The third-order valence-electron chi connectivity index (χ3n) is 9.62. The number of hydrogen-bond donors (Lipinski definition) is 1. The van der Waals surface area contributed by atoms with Crippen LogP contribution in [0.25, 0.3) is 72.0 Å². The largest absolute Gasteiger partial charge is 0.356 e. The highest BCUT2D eigenvalue weighted by molar-refractivity contribution is 6.10. The number of hydrogen-bond acceptors (Lipinski definition) is 1. The van der Waals surface area contributed by atoms with Crippen molar-refractivity contribution in [2.75, 3.05) is 5.32 Å². The summed E-state index contributed by atoms with van der Waals surface area (Å²) in [5.74, 6) is 0. The van der Waals surface area contributed by atoms with Gasteiger partial charge in [-0.05, 0) is 99.1 Å². The van der Waals surface area contributed by atoms with Gasteiger partial charge in [0.1, 0.15) is 0 Å². The van der Waals surface area contributed by atoms with E-state index in [-0.39, 0.29) is 0 Å². The molecule has 9 aromatic rings. The number of fused-ring (bicyclic) bond motifs is 3. The topological polar surface area (TPSA) is 17.0 Å². The third kappa shape index (κ3) is 5.63. The normalized spacial score (nSPS) is 11.2. The standard InChI is InChI=1S/C48H34N2/c1-3-9-34(10-4-1)37-19-26-42(27-20-37)49-43-28-21-38(22-29-43)36-15-17-40(18-16-36)41-25-32-48-46(33-41)45-13-7-8-14-47(45)50(48)44-30-23-39(24-31-44)35-11-5-2-6-12-35/h1-33,49H. The molecule has 0 fully saturated rings. The van der Waals surface area contributed by atoms with Gasteiger partial charge >= 0.3 is 0 Å². The molecule has 1 heterocycles. The molecule has 0 atom stereocenters. The SMILES string of the molecule is c1ccc(-c2ccc(Nc3ccc(-c4ccc(-c5ccc6c(c5)c5ccccc5n6-c5ccc(-c6ccccc6)cc5)cc4)cc3)cc2)cc1. The van der Waals surface area contributed by atoms with Gasteiger partial charge in [0, 0.05) is 27.8 Å². The summed E-state index contributed by atoms with van der Waals surface area (Å²) in [6.07, 6.45) is 0. The van der Waals surface area contributed by atoms with Gasteiger partial charge in [-0.1, -0.05) is 146 Å². The Morgan fingerprint density at radius 3 is 1.20 bits per heavy atom. The highest BCUT2D eigenvalue weighted by atomic mass is 15.0. The van der Waals surface area contributed by atoms with E-state index >= 15 is 0 Å². The number of para-hydroxylation sites is 1. The fourth-order valence-electron chi connectivity index (χ4n) is 7.01. The summed E-state index contributed by atoms with van der Waals surface area (Å²) in [6, 6.07) is 71.6. The Bertz CT molecular complexity index is 2550. The van der Waals surface area contributed by atoms with Crippen molar-refractivity contribution in [1.82, 2.24) is 4.57 Å². The van der Waals surface area contributed by atoms with Crippen LogP contribution in [-0.2, 0) is 0 Å². The van der Waals surface area contributed by atoms with Crippen LogP contribution in [0.1, 0.15) is 0 Å². The first-order valence-electron chi connectivity index (χ1n) is 17.1. The van der Waals surface area contributed by atoms with Gasteiger partial charge in [-0.3, -0.25) is 0 Å². The highest BCUT2D eigenvalue weighted by Gasteiger charge is 2.13. The molecule has 0 saturated heterocycles. The first-order chi connectivity index (χ1) is 24.8. The molecule has 2 heteroatoms. The minimum Gasteiger partial charge on any atom is -0.356 e. The van der Waals surface area contributed by atoms with Crippen LogP contribution in [0, 0.1) is 0 Å². The summed E-state index contributed by atoms with van der Waals surface area (Å²) < 4.78 is 2.38. The van der Waals surface area contributed by atoms with Crippen LogP contribution in [0.5, 0.6) is 0 Å². The average Bonchev–Trinajstić information content (AvgIpc) is 3.53. The maximum Gasteiger partial charge on any atom is 0.0541 e. The minimum absolute atomic E-state index is 1.07. The van der Waals surface area contributed by atoms with Crippen LogP contribution in [-0.4, -0.2) is 4.57 Å². The van der Waals surface area contributed by atoms with Crippen molar-refractivity contribution in [1.29, 1.82) is 0 Å². The molecule has 50 heavy (non-hydrogen) atoms. The van der Waals surface area contributed by atoms with E-state index in [2.05, 4.69) is 204 Å². The van der Waals surface area contributed by atoms with E-state index in [1.54, 1.807) is 0 Å². The number of anilines is 2. The Hall–Kier alpha value is -6.64. The predicted octanol–water partition coefficient (Wildman–Crippen LogP) is 13.2. The van der Waals surface area contributed by atoms with E-state index < -0.39 is 0 Å². The number of benzene rings is 8. The molecule has 0 amide bonds. The Balaban J connectivity index is 0.955. The molecule has 0 aliphatic rings. The second kappa shape index (κ2) is 12.8. The van der Waals surface area contributed by atoms with Crippen LogP contribution in [0.15, 0.2) is 200 Å². The average molecular weight is 639 g/mol. The second-order valence-electron chi connectivity index (χ2n) is 12.7. The van der Waals surface area contributed by atoms with Crippen molar-refractivity contribution in [2.45, 2.75) is 0 Å². The van der Waals surface area contributed by atoms with Crippen molar-refractivity contribution < 1.29 is 0 Å². The van der Waals surface area contributed by atoms with Crippen LogP contribution >= 0.6 is 0 Å². The molecule has 1 aromatic heterocycles. The van der Waals surface area contributed by atoms with Crippen molar-refractivity contribution in [2.24, 2.45) is 0 Å². The summed E-state index contributed by atoms with van der Waals surface area (Å²) >= 11 is 0. The predicted molar refractivity (Wildman–Crippen MR) is 212 cm³/mol. The Morgan fingerprint density at radius 1 is 0.280 bits per heavy atom. The van der Waals surface area contributed by atoms with Crippen LogP contribution in [0.2, 0.25) is 0 Å². The molecule has 8 aromatic carbocycles. The van der Waals surface area contributed by atoms with Gasteiger partial charge in [0.2, 0.25) is 0 Å². The highest BCUT2D eigenvalue weighted by Crippen LogP contribution is 2.36. The van der Waals surface area contributed by atoms with Gasteiger partial charge in [-0.15, -0.1) is 0 Å². The van der Waals surface area contributed by atoms with Crippen LogP contribution in [0.4, 0.5) is 11.4 Å². The fourth-order valence-corrected chi connectivity index (χ4v) is 7.01. The summed E-state index contributed by atoms with van der Waals surface area (Å²) in [5.41, 5.74) is 15.4. The quantitative estimate of drug-likeness (QED) is 0.184. The summed E-state index contributed by atoms with van der Waals surface area (Å²) in [7, 11) is 0. The van der Waals surface area contributed by atoms with Crippen molar-refractivity contribution in [3.05, 3.63) is 200 Å². The molecule has 0 saturated carbocycles. The van der Waals surface area contributed by atoms with E-state index in [1.807, 2.05) is 6.07 Å². The van der Waals surface area contributed by atoms with E-state index in [1.165, 1.54) is 66.3 Å². The number of aromatic nitrogens is 1. The monoisotopic (exact) mass is 638 g/mol. The number of nitrogens with zero attached hydrogens (tertiary/aromatic N) is 1. The summed E-state index contributed by atoms with van der Waals surface area (Å²) in [5, 5.41) is 6.05. The zero-order valence-corrected chi connectivity index (χ0v) is 27.5. The molecule has 0 unspecified atom stereocenters. The molecule has 0 aliphatic heterocycles.